The summed E-state index contributed by atoms with van der Waals surface area (Å²) in [4.78, 5) is 14.1. The van der Waals surface area contributed by atoms with Crippen LogP contribution in [0.3, 0.4) is 0 Å². The van der Waals surface area contributed by atoms with Crippen LogP contribution < -0.4 is 9.64 Å². The SMILES string of the molecule is C[C@@H]1CC[C@H](COc2cccnc2C(F)(F)F)CN1c1cnc2cnn(CC(F)F)c2n1. The molecule has 172 valence electrons. The van der Waals surface area contributed by atoms with Crippen molar-refractivity contribution in [2.24, 2.45) is 5.92 Å². The smallest absolute Gasteiger partial charge is 0.437 e. The average molecular weight is 456 g/mol. The van der Waals surface area contributed by atoms with Gasteiger partial charge in [-0.1, -0.05) is 0 Å². The van der Waals surface area contributed by atoms with E-state index in [1.165, 1.54) is 18.3 Å². The molecule has 4 rings (SSSR count). The third-order valence-corrected chi connectivity index (χ3v) is 5.43. The highest BCUT2D eigenvalue weighted by Gasteiger charge is 2.36. The second kappa shape index (κ2) is 8.83. The maximum absolute atomic E-state index is 13.1. The van der Waals surface area contributed by atoms with Crippen molar-refractivity contribution in [2.75, 3.05) is 18.1 Å². The van der Waals surface area contributed by atoms with Crippen molar-refractivity contribution < 1.29 is 26.7 Å². The van der Waals surface area contributed by atoms with Crippen LogP contribution in [-0.2, 0) is 12.7 Å². The van der Waals surface area contributed by atoms with E-state index in [-0.39, 0.29) is 30.0 Å². The number of pyridine rings is 1. The molecule has 0 radical (unpaired) electrons. The van der Waals surface area contributed by atoms with E-state index in [1.807, 2.05) is 11.8 Å². The Morgan fingerprint density at radius 3 is 2.75 bits per heavy atom. The number of fused-ring (bicyclic) bond motifs is 1. The third kappa shape index (κ3) is 4.73. The fraction of sp³-hybridized carbons (Fsp3) is 0.500. The summed E-state index contributed by atoms with van der Waals surface area (Å²) in [6.07, 6.45) is -1.63. The molecule has 0 saturated carbocycles. The predicted molar refractivity (Wildman–Crippen MR) is 106 cm³/mol. The van der Waals surface area contributed by atoms with Crippen LogP contribution in [0.4, 0.5) is 27.8 Å². The van der Waals surface area contributed by atoms with Crippen molar-refractivity contribution in [2.45, 2.75) is 45.0 Å². The Morgan fingerprint density at radius 1 is 1.19 bits per heavy atom. The lowest BCUT2D eigenvalue weighted by atomic mass is 9.94. The topological polar surface area (TPSA) is 69.0 Å². The van der Waals surface area contributed by atoms with Gasteiger partial charge in [-0.05, 0) is 31.9 Å². The molecule has 0 N–H and O–H groups in total. The van der Waals surface area contributed by atoms with Gasteiger partial charge in [0.2, 0.25) is 0 Å². The summed E-state index contributed by atoms with van der Waals surface area (Å²) in [5.74, 6) is 0.140. The van der Waals surface area contributed by atoms with Crippen molar-refractivity contribution in [3.05, 3.63) is 36.4 Å². The Hall–Kier alpha value is -3.05. The van der Waals surface area contributed by atoms with E-state index in [9.17, 15) is 22.0 Å². The largest absolute Gasteiger partial charge is 0.491 e. The van der Waals surface area contributed by atoms with Crippen molar-refractivity contribution >= 4 is 17.0 Å². The van der Waals surface area contributed by atoms with Crippen molar-refractivity contribution in [3.63, 3.8) is 0 Å². The Kier molecular flexibility index (Phi) is 6.11. The lowest BCUT2D eigenvalue weighted by molar-refractivity contribution is -0.142. The molecule has 3 aromatic rings. The summed E-state index contributed by atoms with van der Waals surface area (Å²) in [5.41, 5.74) is -0.376. The number of nitrogens with zero attached hydrogens (tertiary/aromatic N) is 6. The highest BCUT2D eigenvalue weighted by atomic mass is 19.4. The molecular weight excluding hydrogens is 435 g/mol. The van der Waals surface area contributed by atoms with Crippen molar-refractivity contribution in [1.82, 2.24) is 24.7 Å². The minimum Gasteiger partial charge on any atom is -0.491 e. The number of hydrogen-bond acceptors (Lipinski definition) is 6. The fourth-order valence-electron chi connectivity index (χ4n) is 3.81. The van der Waals surface area contributed by atoms with E-state index in [0.29, 0.717) is 17.9 Å². The minimum atomic E-state index is -4.60. The number of halogens is 5. The number of alkyl halides is 5. The Balaban J connectivity index is 1.50. The highest BCUT2D eigenvalue weighted by molar-refractivity contribution is 5.71. The second-order valence-corrected chi connectivity index (χ2v) is 7.76. The average Bonchev–Trinajstić information content (AvgIpc) is 3.14. The Labute approximate surface area is 180 Å². The van der Waals surface area contributed by atoms with Gasteiger partial charge < -0.3 is 9.64 Å². The number of aromatic nitrogens is 5. The first-order chi connectivity index (χ1) is 15.2. The van der Waals surface area contributed by atoms with Gasteiger partial charge >= 0.3 is 6.18 Å². The van der Waals surface area contributed by atoms with Gasteiger partial charge in [0.1, 0.15) is 23.6 Å². The van der Waals surface area contributed by atoms with E-state index in [2.05, 4.69) is 20.1 Å². The summed E-state index contributed by atoms with van der Waals surface area (Å²) >= 11 is 0. The molecule has 4 heterocycles. The first kappa shape index (κ1) is 22.2. The summed E-state index contributed by atoms with van der Waals surface area (Å²) in [6.45, 7) is 1.98. The maximum atomic E-state index is 13.1. The second-order valence-electron chi connectivity index (χ2n) is 7.76. The first-order valence-corrected chi connectivity index (χ1v) is 10.1. The fourth-order valence-corrected chi connectivity index (χ4v) is 3.81. The molecule has 1 aliphatic heterocycles. The molecule has 1 fully saturated rings. The van der Waals surface area contributed by atoms with Crippen LogP contribution in [-0.4, -0.2) is 50.4 Å². The zero-order valence-electron chi connectivity index (χ0n) is 17.1. The van der Waals surface area contributed by atoms with E-state index in [0.717, 1.165) is 23.7 Å². The molecule has 0 bridgehead atoms. The van der Waals surface area contributed by atoms with Gasteiger partial charge in [-0.25, -0.2) is 28.4 Å². The zero-order valence-corrected chi connectivity index (χ0v) is 17.1. The molecule has 3 aromatic heterocycles. The van der Waals surface area contributed by atoms with Gasteiger partial charge in [0.25, 0.3) is 6.43 Å². The van der Waals surface area contributed by atoms with Gasteiger partial charge in [0, 0.05) is 24.7 Å². The molecule has 0 spiro atoms. The van der Waals surface area contributed by atoms with E-state index in [1.54, 1.807) is 6.20 Å². The number of rotatable bonds is 6. The molecule has 0 unspecified atom stereocenters. The highest BCUT2D eigenvalue weighted by Crippen LogP contribution is 2.35. The quantitative estimate of drug-likeness (QED) is 0.518. The summed E-state index contributed by atoms with van der Waals surface area (Å²) in [7, 11) is 0. The van der Waals surface area contributed by atoms with Crippen LogP contribution in [0.5, 0.6) is 5.75 Å². The zero-order chi connectivity index (χ0) is 22.9. The standard InChI is InChI=1S/C20H21F5N6O/c1-12-4-5-13(11-32-15-3-2-6-26-18(15)20(23,24)25)9-30(12)17-8-27-14-7-28-31(10-16(21)22)19(14)29-17/h2-3,6-8,12-13,16H,4-5,9-11H2,1H3/t12-,13+/m1/s1. The Morgan fingerprint density at radius 2 is 2.00 bits per heavy atom. The normalized spacial score (nSPS) is 19.7. The van der Waals surface area contributed by atoms with E-state index >= 15 is 0 Å². The molecule has 0 aromatic carbocycles. The lowest BCUT2D eigenvalue weighted by Gasteiger charge is -2.38. The first-order valence-electron chi connectivity index (χ1n) is 10.1. The van der Waals surface area contributed by atoms with Gasteiger partial charge in [0.15, 0.2) is 11.3 Å². The summed E-state index contributed by atoms with van der Waals surface area (Å²) in [6, 6.07) is 2.74. The maximum Gasteiger partial charge on any atom is 0.437 e. The molecule has 7 nitrogen and oxygen atoms in total. The number of anilines is 1. The molecule has 0 amide bonds. The van der Waals surface area contributed by atoms with E-state index in [4.69, 9.17) is 4.74 Å². The molecule has 2 atom stereocenters. The minimum absolute atomic E-state index is 0.0593. The van der Waals surface area contributed by atoms with Crippen LogP contribution in [0.2, 0.25) is 0 Å². The molecule has 12 heteroatoms. The molecular formula is C20H21F5N6O. The van der Waals surface area contributed by atoms with Gasteiger partial charge in [-0.15, -0.1) is 0 Å². The van der Waals surface area contributed by atoms with Crippen molar-refractivity contribution in [3.8, 4) is 5.75 Å². The van der Waals surface area contributed by atoms with Crippen LogP contribution >= 0.6 is 0 Å². The van der Waals surface area contributed by atoms with Gasteiger partial charge in [-0.2, -0.15) is 18.3 Å². The number of hydrogen-bond donors (Lipinski definition) is 0. The molecule has 0 aliphatic carbocycles. The van der Waals surface area contributed by atoms with Crippen LogP contribution in [0.25, 0.3) is 11.2 Å². The summed E-state index contributed by atoms with van der Waals surface area (Å²) < 4.78 is 71.7. The number of ether oxygens (including phenoxy) is 1. The third-order valence-electron chi connectivity index (χ3n) is 5.43. The van der Waals surface area contributed by atoms with E-state index < -0.39 is 24.8 Å². The van der Waals surface area contributed by atoms with Gasteiger partial charge in [0.05, 0.1) is 19.0 Å². The monoisotopic (exact) mass is 456 g/mol. The lowest BCUT2D eigenvalue weighted by Crippen LogP contribution is -2.44. The Bertz CT molecular complexity index is 1070. The molecule has 1 saturated heterocycles. The van der Waals surface area contributed by atoms with Crippen molar-refractivity contribution in [1.29, 1.82) is 0 Å². The molecule has 1 aliphatic rings. The predicted octanol–water partition coefficient (Wildman–Crippen LogP) is 4.19. The van der Waals surface area contributed by atoms with Gasteiger partial charge in [-0.3, -0.25) is 0 Å². The van der Waals surface area contributed by atoms with Crippen LogP contribution in [0.1, 0.15) is 25.5 Å². The summed E-state index contributed by atoms with van der Waals surface area (Å²) in [5, 5.41) is 3.92. The van der Waals surface area contributed by atoms with Crippen LogP contribution in [0, 0.1) is 5.92 Å². The number of piperidine rings is 1. The van der Waals surface area contributed by atoms with Crippen LogP contribution in [0.15, 0.2) is 30.7 Å². The molecule has 32 heavy (non-hydrogen) atoms.